The minimum Gasteiger partial charge on any atom is -0.380 e. The van der Waals surface area contributed by atoms with E-state index in [0.29, 0.717) is 5.88 Å². The zero-order valence-corrected chi connectivity index (χ0v) is 9.28. The van der Waals surface area contributed by atoms with E-state index in [0.717, 1.165) is 44.2 Å². The molecule has 1 aliphatic heterocycles. The zero-order valence-electron chi connectivity index (χ0n) is 8.53. The zero-order chi connectivity index (χ0) is 10.5. The van der Waals surface area contributed by atoms with E-state index in [1.54, 1.807) is 12.4 Å². The molecular formula is C10H14ClN3O. The van der Waals surface area contributed by atoms with Gasteiger partial charge in [0.25, 0.3) is 0 Å². The number of ether oxygens (including phenoxy) is 1. The molecule has 82 valence electrons. The largest absolute Gasteiger partial charge is 0.380 e. The topological polar surface area (TPSA) is 38.2 Å². The van der Waals surface area contributed by atoms with Gasteiger partial charge in [-0.15, -0.1) is 11.6 Å². The third-order valence-electron chi connectivity index (χ3n) is 2.35. The highest BCUT2D eigenvalue weighted by molar-refractivity contribution is 6.17. The Hall–Kier alpha value is -0.870. The van der Waals surface area contributed by atoms with Crippen LogP contribution in [0.15, 0.2) is 12.4 Å². The number of hydrogen-bond donors (Lipinski definition) is 0. The maximum absolute atomic E-state index is 5.68. The lowest BCUT2D eigenvalue weighted by molar-refractivity contribution is 0.152. The van der Waals surface area contributed by atoms with Crippen molar-refractivity contribution < 1.29 is 4.74 Å². The van der Waals surface area contributed by atoms with Gasteiger partial charge in [-0.25, -0.2) is 9.97 Å². The molecule has 0 N–H and O–H groups in total. The summed E-state index contributed by atoms with van der Waals surface area (Å²) in [6.45, 7) is 3.40. The van der Waals surface area contributed by atoms with E-state index in [2.05, 4.69) is 14.9 Å². The van der Waals surface area contributed by atoms with E-state index >= 15 is 0 Å². The maximum Gasteiger partial charge on any atom is 0.225 e. The predicted molar refractivity (Wildman–Crippen MR) is 59.2 cm³/mol. The fraction of sp³-hybridized carbons (Fsp3) is 0.600. The van der Waals surface area contributed by atoms with Crippen molar-refractivity contribution in [1.82, 2.24) is 9.97 Å². The van der Waals surface area contributed by atoms with Crippen molar-refractivity contribution in [3.63, 3.8) is 0 Å². The van der Waals surface area contributed by atoms with Gasteiger partial charge in [0.1, 0.15) is 0 Å². The second-order valence-electron chi connectivity index (χ2n) is 3.48. The molecule has 1 saturated heterocycles. The van der Waals surface area contributed by atoms with Crippen molar-refractivity contribution in [3.8, 4) is 0 Å². The number of aromatic nitrogens is 2. The Balaban J connectivity index is 2.06. The van der Waals surface area contributed by atoms with Crippen LogP contribution in [0.5, 0.6) is 0 Å². The van der Waals surface area contributed by atoms with Crippen molar-refractivity contribution >= 4 is 17.5 Å². The Morgan fingerprint density at radius 3 is 2.80 bits per heavy atom. The van der Waals surface area contributed by atoms with Crippen molar-refractivity contribution in [2.24, 2.45) is 0 Å². The number of anilines is 1. The first-order chi connectivity index (χ1) is 7.40. The summed E-state index contributed by atoms with van der Waals surface area (Å²) in [7, 11) is 0. The average molecular weight is 228 g/mol. The van der Waals surface area contributed by atoms with Crippen LogP contribution >= 0.6 is 11.6 Å². The first kappa shape index (κ1) is 10.6. The smallest absolute Gasteiger partial charge is 0.225 e. The van der Waals surface area contributed by atoms with Crippen LogP contribution in [0, 0.1) is 0 Å². The molecule has 0 amide bonds. The van der Waals surface area contributed by atoms with Gasteiger partial charge in [-0.2, -0.15) is 0 Å². The van der Waals surface area contributed by atoms with Gasteiger partial charge in [0, 0.05) is 37.7 Å². The van der Waals surface area contributed by atoms with Crippen molar-refractivity contribution in [2.75, 3.05) is 31.2 Å². The maximum atomic E-state index is 5.68. The normalized spacial score (nSPS) is 17.5. The molecule has 0 atom stereocenters. The Bertz CT molecular complexity index is 296. The first-order valence-electron chi connectivity index (χ1n) is 5.10. The molecule has 5 heteroatoms. The molecule has 2 rings (SSSR count). The highest BCUT2D eigenvalue weighted by Gasteiger charge is 2.11. The van der Waals surface area contributed by atoms with Crippen LogP contribution in [0.1, 0.15) is 12.0 Å². The van der Waals surface area contributed by atoms with Crippen molar-refractivity contribution in [3.05, 3.63) is 18.0 Å². The second kappa shape index (κ2) is 5.28. The summed E-state index contributed by atoms with van der Waals surface area (Å²) in [5.41, 5.74) is 0.950. The molecule has 0 unspecified atom stereocenters. The molecule has 0 spiro atoms. The van der Waals surface area contributed by atoms with Crippen LogP contribution in [0.3, 0.4) is 0 Å². The number of hydrogen-bond acceptors (Lipinski definition) is 4. The molecule has 1 aromatic heterocycles. The summed E-state index contributed by atoms with van der Waals surface area (Å²) >= 11 is 5.68. The molecule has 1 fully saturated rings. The van der Waals surface area contributed by atoms with Gasteiger partial charge in [-0.1, -0.05) is 0 Å². The summed E-state index contributed by atoms with van der Waals surface area (Å²) in [4.78, 5) is 10.7. The van der Waals surface area contributed by atoms with Crippen LogP contribution in [0.25, 0.3) is 0 Å². The SMILES string of the molecule is ClCc1cnc(N2CCCOCC2)nc1. The van der Waals surface area contributed by atoms with Gasteiger partial charge in [0.05, 0.1) is 12.5 Å². The lowest BCUT2D eigenvalue weighted by Gasteiger charge is -2.18. The monoisotopic (exact) mass is 227 g/mol. The quantitative estimate of drug-likeness (QED) is 0.717. The van der Waals surface area contributed by atoms with Gasteiger partial charge < -0.3 is 9.64 Å². The summed E-state index contributed by atoms with van der Waals surface area (Å²) in [6.07, 6.45) is 4.59. The molecule has 15 heavy (non-hydrogen) atoms. The highest BCUT2D eigenvalue weighted by atomic mass is 35.5. The Labute approximate surface area is 94.2 Å². The molecule has 1 aliphatic rings. The second-order valence-corrected chi connectivity index (χ2v) is 3.75. The van der Waals surface area contributed by atoms with E-state index in [1.807, 2.05) is 0 Å². The van der Waals surface area contributed by atoms with E-state index in [1.165, 1.54) is 0 Å². The Morgan fingerprint density at radius 2 is 2.07 bits per heavy atom. The number of halogens is 1. The fourth-order valence-electron chi connectivity index (χ4n) is 1.53. The van der Waals surface area contributed by atoms with Crippen LogP contribution in [-0.4, -0.2) is 36.3 Å². The fourth-order valence-corrected chi connectivity index (χ4v) is 1.66. The summed E-state index contributed by atoms with van der Waals surface area (Å²) in [6, 6.07) is 0. The summed E-state index contributed by atoms with van der Waals surface area (Å²) in [5, 5.41) is 0. The number of alkyl halides is 1. The minimum atomic E-state index is 0.462. The first-order valence-corrected chi connectivity index (χ1v) is 5.63. The Kier molecular flexibility index (Phi) is 3.75. The van der Waals surface area contributed by atoms with Crippen LogP contribution in [0.2, 0.25) is 0 Å². The standard InChI is InChI=1S/C10H14ClN3O/c11-6-9-7-12-10(13-8-9)14-2-1-4-15-5-3-14/h7-8H,1-6H2. The minimum absolute atomic E-state index is 0.462. The molecule has 1 aromatic rings. The molecule has 0 bridgehead atoms. The summed E-state index contributed by atoms with van der Waals surface area (Å²) in [5.74, 6) is 1.23. The third-order valence-corrected chi connectivity index (χ3v) is 2.66. The number of rotatable bonds is 2. The number of nitrogens with zero attached hydrogens (tertiary/aromatic N) is 3. The highest BCUT2D eigenvalue weighted by Crippen LogP contribution is 2.10. The third kappa shape index (κ3) is 2.79. The van der Waals surface area contributed by atoms with Gasteiger partial charge >= 0.3 is 0 Å². The molecule has 0 radical (unpaired) electrons. The Morgan fingerprint density at radius 1 is 1.27 bits per heavy atom. The van der Waals surface area contributed by atoms with Crippen molar-refractivity contribution in [1.29, 1.82) is 0 Å². The summed E-state index contributed by atoms with van der Waals surface area (Å²) < 4.78 is 5.37. The van der Waals surface area contributed by atoms with Crippen LogP contribution < -0.4 is 4.90 Å². The van der Waals surface area contributed by atoms with Gasteiger partial charge in [-0.3, -0.25) is 0 Å². The average Bonchev–Trinajstić information content (AvgIpc) is 2.58. The van der Waals surface area contributed by atoms with Crippen molar-refractivity contribution in [2.45, 2.75) is 12.3 Å². The lowest BCUT2D eigenvalue weighted by atomic mass is 10.4. The molecular weight excluding hydrogens is 214 g/mol. The van der Waals surface area contributed by atoms with Gasteiger partial charge in [0.15, 0.2) is 0 Å². The van der Waals surface area contributed by atoms with Crippen LogP contribution in [-0.2, 0) is 10.6 Å². The van der Waals surface area contributed by atoms with Gasteiger partial charge in [0.2, 0.25) is 5.95 Å². The molecule has 0 saturated carbocycles. The lowest BCUT2D eigenvalue weighted by Crippen LogP contribution is -2.27. The van der Waals surface area contributed by atoms with E-state index in [4.69, 9.17) is 16.3 Å². The predicted octanol–water partition coefficient (Wildman–Crippen LogP) is 1.44. The molecule has 4 nitrogen and oxygen atoms in total. The molecule has 0 aromatic carbocycles. The van der Waals surface area contributed by atoms with Gasteiger partial charge in [-0.05, 0) is 6.42 Å². The van der Waals surface area contributed by atoms with Crippen LogP contribution in [0.4, 0.5) is 5.95 Å². The van der Waals surface area contributed by atoms with E-state index in [9.17, 15) is 0 Å². The van der Waals surface area contributed by atoms with E-state index < -0.39 is 0 Å². The molecule has 2 heterocycles. The molecule has 0 aliphatic carbocycles. The van der Waals surface area contributed by atoms with E-state index in [-0.39, 0.29) is 0 Å².